The average molecular weight is 225 g/mol. The van der Waals surface area contributed by atoms with Crippen molar-refractivity contribution in [1.82, 2.24) is 5.32 Å². The Hall–Kier alpha value is -0.0400. The normalized spacial score (nSPS) is 27.0. The van der Waals surface area contributed by atoms with E-state index in [-0.39, 0.29) is 0 Å². The second kappa shape index (κ2) is 6.64. The second-order valence-electron chi connectivity index (χ2n) is 6.66. The Morgan fingerprint density at radius 3 is 2.06 bits per heavy atom. The van der Waals surface area contributed by atoms with Crippen molar-refractivity contribution in [3.05, 3.63) is 0 Å². The predicted octanol–water partition coefficient (Wildman–Crippen LogP) is 4.37. The summed E-state index contributed by atoms with van der Waals surface area (Å²) in [7, 11) is 0. The van der Waals surface area contributed by atoms with Gasteiger partial charge in [-0.3, -0.25) is 0 Å². The third-order valence-electron chi connectivity index (χ3n) is 3.85. The van der Waals surface area contributed by atoms with Crippen LogP contribution in [0.2, 0.25) is 0 Å². The minimum atomic E-state index is 0.291. The molecule has 1 aliphatic carbocycles. The zero-order valence-electron chi connectivity index (χ0n) is 11.8. The molecular weight excluding hydrogens is 194 g/mol. The van der Waals surface area contributed by atoms with Crippen molar-refractivity contribution >= 4 is 0 Å². The van der Waals surface area contributed by atoms with Gasteiger partial charge < -0.3 is 5.32 Å². The first-order valence-electron chi connectivity index (χ1n) is 7.26. The van der Waals surface area contributed by atoms with Crippen LogP contribution in [0, 0.1) is 11.8 Å². The number of nitrogens with one attached hydrogen (secondary N) is 1. The summed E-state index contributed by atoms with van der Waals surface area (Å²) in [6.07, 6.45) is 10.2. The second-order valence-corrected chi connectivity index (χ2v) is 6.66. The first-order chi connectivity index (χ1) is 7.51. The zero-order chi connectivity index (χ0) is 12.0. The number of hydrogen-bond acceptors (Lipinski definition) is 1. The third-order valence-corrected chi connectivity index (χ3v) is 3.85. The molecule has 1 N–H and O–H groups in total. The van der Waals surface area contributed by atoms with Crippen molar-refractivity contribution in [3.8, 4) is 0 Å². The summed E-state index contributed by atoms with van der Waals surface area (Å²) in [5.74, 6) is 1.99. The van der Waals surface area contributed by atoms with Gasteiger partial charge in [0.25, 0.3) is 0 Å². The Balaban J connectivity index is 2.12. The maximum absolute atomic E-state index is 3.65. The molecule has 1 aliphatic rings. The molecule has 1 fully saturated rings. The number of rotatable bonds is 5. The number of hydrogen-bond donors (Lipinski definition) is 1. The van der Waals surface area contributed by atoms with Crippen molar-refractivity contribution < 1.29 is 0 Å². The van der Waals surface area contributed by atoms with E-state index in [0.717, 1.165) is 11.8 Å². The highest BCUT2D eigenvalue weighted by Crippen LogP contribution is 2.31. The molecule has 1 heteroatoms. The van der Waals surface area contributed by atoms with Crippen molar-refractivity contribution in [1.29, 1.82) is 0 Å². The molecule has 0 aliphatic heterocycles. The van der Waals surface area contributed by atoms with Gasteiger partial charge in [-0.05, 0) is 52.0 Å². The topological polar surface area (TPSA) is 12.0 Å². The molecule has 0 atom stereocenters. The van der Waals surface area contributed by atoms with Gasteiger partial charge in [0.15, 0.2) is 0 Å². The van der Waals surface area contributed by atoms with Crippen molar-refractivity contribution in [3.63, 3.8) is 0 Å². The fraction of sp³-hybridized carbons (Fsp3) is 1.00. The van der Waals surface area contributed by atoms with Crippen LogP contribution < -0.4 is 5.32 Å². The van der Waals surface area contributed by atoms with Gasteiger partial charge in [0.2, 0.25) is 0 Å². The van der Waals surface area contributed by atoms with Gasteiger partial charge in [-0.15, -0.1) is 0 Å². The standard InChI is InChI=1S/C15H31N/c1-5-6-7-13-8-10-14(11-9-13)12-16-15(2,3)4/h13-14,16H,5-12H2,1-4H3. The first kappa shape index (κ1) is 14.0. The lowest BCUT2D eigenvalue weighted by molar-refractivity contribution is 0.240. The van der Waals surface area contributed by atoms with Crippen LogP contribution >= 0.6 is 0 Å². The maximum atomic E-state index is 3.65. The summed E-state index contributed by atoms with van der Waals surface area (Å²) < 4.78 is 0. The summed E-state index contributed by atoms with van der Waals surface area (Å²) in [6, 6.07) is 0. The van der Waals surface area contributed by atoms with Crippen LogP contribution in [0.15, 0.2) is 0 Å². The van der Waals surface area contributed by atoms with E-state index in [1.807, 2.05) is 0 Å². The first-order valence-corrected chi connectivity index (χ1v) is 7.26. The van der Waals surface area contributed by atoms with E-state index in [4.69, 9.17) is 0 Å². The van der Waals surface area contributed by atoms with Crippen LogP contribution in [0.1, 0.15) is 72.6 Å². The van der Waals surface area contributed by atoms with Gasteiger partial charge in [0.1, 0.15) is 0 Å². The van der Waals surface area contributed by atoms with Crippen molar-refractivity contribution in [2.24, 2.45) is 11.8 Å². The van der Waals surface area contributed by atoms with Crippen LogP contribution in [0.5, 0.6) is 0 Å². The van der Waals surface area contributed by atoms with Crippen molar-refractivity contribution in [2.75, 3.05) is 6.54 Å². The molecule has 0 aromatic rings. The van der Waals surface area contributed by atoms with E-state index >= 15 is 0 Å². The third kappa shape index (κ3) is 5.89. The summed E-state index contributed by atoms with van der Waals surface area (Å²) in [6.45, 7) is 10.3. The Morgan fingerprint density at radius 2 is 1.56 bits per heavy atom. The lowest BCUT2D eigenvalue weighted by Crippen LogP contribution is -2.39. The Labute approximate surface area is 102 Å². The van der Waals surface area contributed by atoms with Crippen LogP contribution in [0.4, 0.5) is 0 Å². The van der Waals surface area contributed by atoms with Gasteiger partial charge in [-0.1, -0.05) is 39.0 Å². The maximum Gasteiger partial charge on any atom is 0.00966 e. The van der Waals surface area contributed by atoms with Crippen LogP contribution in [-0.4, -0.2) is 12.1 Å². The summed E-state index contributed by atoms with van der Waals surface area (Å²) in [4.78, 5) is 0. The molecule has 0 heterocycles. The highest BCUT2D eigenvalue weighted by atomic mass is 14.9. The molecule has 0 aromatic carbocycles. The van der Waals surface area contributed by atoms with E-state index in [2.05, 4.69) is 33.0 Å². The lowest BCUT2D eigenvalue weighted by atomic mass is 9.79. The Bertz CT molecular complexity index is 172. The van der Waals surface area contributed by atoms with Gasteiger partial charge in [-0.2, -0.15) is 0 Å². The van der Waals surface area contributed by atoms with E-state index in [0.29, 0.717) is 5.54 Å². The van der Waals surface area contributed by atoms with Gasteiger partial charge in [-0.25, -0.2) is 0 Å². The molecular formula is C15H31N. The summed E-state index contributed by atoms with van der Waals surface area (Å²) in [5.41, 5.74) is 0.291. The number of unbranched alkanes of at least 4 members (excludes halogenated alkanes) is 1. The molecule has 0 amide bonds. The van der Waals surface area contributed by atoms with Gasteiger partial charge in [0.05, 0.1) is 0 Å². The molecule has 0 saturated heterocycles. The fourth-order valence-corrected chi connectivity index (χ4v) is 2.67. The Kier molecular flexibility index (Phi) is 5.82. The molecule has 0 aromatic heterocycles. The van der Waals surface area contributed by atoms with E-state index in [1.165, 1.54) is 51.5 Å². The van der Waals surface area contributed by atoms with Gasteiger partial charge in [0, 0.05) is 5.54 Å². The molecule has 96 valence electrons. The SMILES string of the molecule is CCCCC1CCC(CNC(C)(C)C)CC1. The largest absolute Gasteiger partial charge is 0.312 e. The van der Waals surface area contributed by atoms with E-state index in [1.54, 1.807) is 0 Å². The summed E-state index contributed by atoms with van der Waals surface area (Å²) >= 11 is 0. The highest BCUT2D eigenvalue weighted by molar-refractivity contribution is 4.77. The molecule has 0 unspecified atom stereocenters. The molecule has 0 bridgehead atoms. The minimum absolute atomic E-state index is 0.291. The molecule has 16 heavy (non-hydrogen) atoms. The summed E-state index contributed by atoms with van der Waals surface area (Å²) in [5, 5.41) is 3.65. The fourth-order valence-electron chi connectivity index (χ4n) is 2.67. The average Bonchev–Trinajstić information content (AvgIpc) is 2.24. The molecule has 1 saturated carbocycles. The lowest BCUT2D eigenvalue weighted by Gasteiger charge is -2.31. The van der Waals surface area contributed by atoms with Crippen LogP contribution in [-0.2, 0) is 0 Å². The quantitative estimate of drug-likeness (QED) is 0.732. The monoisotopic (exact) mass is 225 g/mol. The van der Waals surface area contributed by atoms with E-state index < -0.39 is 0 Å². The molecule has 0 radical (unpaired) electrons. The molecule has 1 nitrogen and oxygen atoms in total. The Morgan fingerprint density at radius 1 is 1.00 bits per heavy atom. The predicted molar refractivity (Wildman–Crippen MR) is 72.7 cm³/mol. The van der Waals surface area contributed by atoms with Gasteiger partial charge >= 0.3 is 0 Å². The smallest absolute Gasteiger partial charge is 0.00966 e. The molecule has 0 spiro atoms. The molecule has 1 rings (SSSR count). The van der Waals surface area contributed by atoms with Crippen LogP contribution in [0.3, 0.4) is 0 Å². The van der Waals surface area contributed by atoms with Crippen molar-refractivity contribution in [2.45, 2.75) is 78.2 Å². The highest BCUT2D eigenvalue weighted by Gasteiger charge is 2.21. The zero-order valence-corrected chi connectivity index (χ0v) is 11.8. The minimum Gasteiger partial charge on any atom is -0.312 e. The van der Waals surface area contributed by atoms with E-state index in [9.17, 15) is 0 Å². The van der Waals surface area contributed by atoms with Crippen LogP contribution in [0.25, 0.3) is 0 Å².